The zero-order valence-corrected chi connectivity index (χ0v) is 12.1. The van der Waals surface area contributed by atoms with E-state index in [1.54, 1.807) is 6.07 Å². The first-order chi connectivity index (χ1) is 8.01. The Kier molecular flexibility index (Phi) is 4.10. The normalized spacial score (nSPS) is 18.2. The van der Waals surface area contributed by atoms with Crippen molar-refractivity contribution in [2.24, 2.45) is 0 Å². The molecule has 0 saturated carbocycles. The predicted molar refractivity (Wildman–Crippen MR) is 68.7 cm³/mol. The Morgan fingerprint density at radius 2 is 1.94 bits per heavy atom. The number of rotatable bonds is 2. The fourth-order valence-electron chi connectivity index (χ4n) is 1.57. The molecule has 1 aliphatic rings. The summed E-state index contributed by atoms with van der Waals surface area (Å²) in [5.41, 5.74) is 0. The summed E-state index contributed by atoms with van der Waals surface area (Å²) in [6, 6.07) is 4.60. The van der Waals surface area contributed by atoms with Crippen LogP contribution in [0.15, 0.2) is 27.6 Å². The molecule has 0 radical (unpaired) electrons. The number of morpholine rings is 1. The van der Waals surface area contributed by atoms with E-state index in [-0.39, 0.29) is 4.90 Å². The first-order valence-corrected chi connectivity index (χ1v) is 7.66. The lowest BCUT2D eigenvalue weighted by molar-refractivity contribution is 0.0730. The second kappa shape index (κ2) is 5.24. The highest BCUT2D eigenvalue weighted by molar-refractivity contribution is 9.10. The smallest absolute Gasteiger partial charge is 0.243 e. The number of sulfonamides is 1. The van der Waals surface area contributed by atoms with E-state index in [9.17, 15) is 8.42 Å². The van der Waals surface area contributed by atoms with Gasteiger partial charge in [-0.15, -0.1) is 0 Å². The number of ether oxygens (including phenoxy) is 1. The second-order valence-electron chi connectivity index (χ2n) is 3.59. The average Bonchev–Trinajstić information content (AvgIpc) is 2.33. The van der Waals surface area contributed by atoms with Crippen LogP contribution in [0.3, 0.4) is 0 Å². The molecule has 0 aliphatic carbocycles. The highest BCUT2D eigenvalue weighted by Crippen LogP contribution is 2.27. The lowest BCUT2D eigenvalue weighted by atomic mass is 10.4. The van der Waals surface area contributed by atoms with Gasteiger partial charge < -0.3 is 4.74 Å². The Labute approximate surface area is 114 Å². The minimum Gasteiger partial charge on any atom is -0.379 e. The van der Waals surface area contributed by atoms with E-state index in [0.29, 0.717) is 35.8 Å². The van der Waals surface area contributed by atoms with E-state index >= 15 is 0 Å². The number of benzene rings is 1. The molecule has 1 saturated heterocycles. The van der Waals surface area contributed by atoms with Gasteiger partial charge in [-0.25, -0.2) is 8.42 Å². The number of hydrogen-bond acceptors (Lipinski definition) is 3. The maximum atomic E-state index is 12.3. The first-order valence-electron chi connectivity index (χ1n) is 5.05. The van der Waals surface area contributed by atoms with Crippen molar-refractivity contribution in [1.82, 2.24) is 4.31 Å². The summed E-state index contributed by atoms with van der Waals surface area (Å²) < 4.78 is 31.7. The fourth-order valence-corrected chi connectivity index (χ4v) is 3.66. The van der Waals surface area contributed by atoms with E-state index in [1.165, 1.54) is 16.4 Å². The van der Waals surface area contributed by atoms with Crippen LogP contribution in [0.25, 0.3) is 0 Å². The molecule has 0 N–H and O–H groups in total. The third-order valence-electron chi connectivity index (χ3n) is 2.50. The molecule has 0 unspecified atom stereocenters. The molecule has 1 aliphatic heterocycles. The van der Waals surface area contributed by atoms with Gasteiger partial charge in [-0.3, -0.25) is 0 Å². The van der Waals surface area contributed by atoms with Gasteiger partial charge in [0.15, 0.2) is 0 Å². The van der Waals surface area contributed by atoms with E-state index in [0.717, 1.165) is 0 Å². The molecule has 2 rings (SSSR count). The van der Waals surface area contributed by atoms with Gasteiger partial charge in [-0.05, 0) is 34.1 Å². The first kappa shape index (κ1) is 13.3. The summed E-state index contributed by atoms with van der Waals surface area (Å²) in [5.74, 6) is 0. The van der Waals surface area contributed by atoms with Gasteiger partial charge in [0, 0.05) is 17.6 Å². The van der Waals surface area contributed by atoms with Crippen molar-refractivity contribution < 1.29 is 13.2 Å². The molecule has 4 nitrogen and oxygen atoms in total. The summed E-state index contributed by atoms with van der Waals surface area (Å²) in [5, 5.41) is 0.492. The lowest BCUT2D eigenvalue weighted by Gasteiger charge is -2.26. The molecule has 94 valence electrons. The maximum absolute atomic E-state index is 12.3. The van der Waals surface area contributed by atoms with E-state index < -0.39 is 10.0 Å². The standard InChI is InChI=1S/C10H11BrClNO3S/c11-9-7-8(1-2-10(9)12)17(14,15)13-3-5-16-6-4-13/h1-2,7H,3-6H2. The Hall–Kier alpha value is -0.140. The third-order valence-corrected chi connectivity index (χ3v) is 5.61. The van der Waals surface area contributed by atoms with Crippen molar-refractivity contribution in [2.75, 3.05) is 26.3 Å². The lowest BCUT2D eigenvalue weighted by Crippen LogP contribution is -2.40. The quantitative estimate of drug-likeness (QED) is 0.828. The molecule has 17 heavy (non-hydrogen) atoms. The summed E-state index contributed by atoms with van der Waals surface area (Å²) in [6.07, 6.45) is 0. The summed E-state index contributed by atoms with van der Waals surface area (Å²) in [6.45, 7) is 1.66. The maximum Gasteiger partial charge on any atom is 0.243 e. The summed E-state index contributed by atoms with van der Waals surface area (Å²) >= 11 is 9.06. The Morgan fingerprint density at radius 1 is 1.29 bits per heavy atom. The van der Waals surface area contributed by atoms with Crippen LogP contribution in [-0.2, 0) is 14.8 Å². The van der Waals surface area contributed by atoms with Crippen LogP contribution in [0.4, 0.5) is 0 Å². The molecule has 1 heterocycles. The minimum absolute atomic E-state index is 0.246. The predicted octanol–water partition coefficient (Wildman–Crippen LogP) is 2.12. The van der Waals surface area contributed by atoms with Crippen LogP contribution in [0.5, 0.6) is 0 Å². The Morgan fingerprint density at radius 3 is 2.53 bits per heavy atom. The second-order valence-corrected chi connectivity index (χ2v) is 6.79. The van der Waals surface area contributed by atoms with Gasteiger partial charge >= 0.3 is 0 Å². The van der Waals surface area contributed by atoms with Gasteiger partial charge in [0.2, 0.25) is 10.0 Å². The average molecular weight is 341 g/mol. The van der Waals surface area contributed by atoms with Crippen LogP contribution in [0.2, 0.25) is 5.02 Å². The molecule has 0 aromatic heterocycles. The SMILES string of the molecule is O=S(=O)(c1ccc(Cl)c(Br)c1)N1CCOCC1. The van der Waals surface area contributed by atoms with Crippen LogP contribution >= 0.6 is 27.5 Å². The van der Waals surface area contributed by atoms with Crippen molar-refractivity contribution >= 4 is 37.6 Å². The van der Waals surface area contributed by atoms with Crippen LogP contribution in [0, 0.1) is 0 Å². The third kappa shape index (κ3) is 2.82. The number of nitrogens with zero attached hydrogens (tertiary/aromatic N) is 1. The number of halogens is 2. The highest BCUT2D eigenvalue weighted by atomic mass is 79.9. The molecule has 1 aromatic rings. The topological polar surface area (TPSA) is 46.6 Å². The molecule has 7 heteroatoms. The monoisotopic (exact) mass is 339 g/mol. The van der Waals surface area contributed by atoms with Gasteiger partial charge in [0.1, 0.15) is 0 Å². The van der Waals surface area contributed by atoms with Crippen molar-refractivity contribution in [3.8, 4) is 0 Å². The van der Waals surface area contributed by atoms with Crippen LogP contribution in [0.1, 0.15) is 0 Å². The Balaban J connectivity index is 2.33. The zero-order chi connectivity index (χ0) is 12.5. The molecule has 0 bridgehead atoms. The van der Waals surface area contributed by atoms with Gasteiger partial charge in [0.25, 0.3) is 0 Å². The van der Waals surface area contributed by atoms with Crippen molar-refractivity contribution in [3.05, 3.63) is 27.7 Å². The largest absolute Gasteiger partial charge is 0.379 e. The molecule has 1 aromatic carbocycles. The van der Waals surface area contributed by atoms with Crippen molar-refractivity contribution in [3.63, 3.8) is 0 Å². The molecular weight excluding hydrogens is 330 g/mol. The minimum atomic E-state index is -3.44. The highest BCUT2D eigenvalue weighted by Gasteiger charge is 2.26. The summed E-state index contributed by atoms with van der Waals surface area (Å²) in [4.78, 5) is 0.246. The Bertz CT molecular complexity index is 514. The summed E-state index contributed by atoms with van der Waals surface area (Å²) in [7, 11) is -3.44. The van der Waals surface area contributed by atoms with E-state index in [4.69, 9.17) is 16.3 Å². The zero-order valence-electron chi connectivity index (χ0n) is 8.90. The number of hydrogen-bond donors (Lipinski definition) is 0. The molecule has 0 amide bonds. The van der Waals surface area contributed by atoms with Gasteiger partial charge in [-0.2, -0.15) is 4.31 Å². The molecule has 1 fully saturated rings. The van der Waals surface area contributed by atoms with Crippen molar-refractivity contribution in [1.29, 1.82) is 0 Å². The molecule has 0 atom stereocenters. The van der Waals surface area contributed by atoms with Gasteiger partial charge in [-0.1, -0.05) is 11.6 Å². The van der Waals surface area contributed by atoms with Crippen LogP contribution < -0.4 is 0 Å². The van der Waals surface area contributed by atoms with Gasteiger partial charge in [0.05, 0.1) is 23.1 Å². The van der Waals surface area contributed by atoms with Crippen LogP contribution in [-0.4, -0.2) is 39.0 Å². The van der Waals surface area contributed by atoms with E-state index in [1.807, 2.05) is 0 Å². The molecular formula is C10H11BrClNO3S. The molecule has 0 spiro atoms. The van der Waals surface area contributed by atoms with E-state index in [2.05, 4.69) is 15.9 Å². The fraction of sp³-hybridized carbons (Fsp3) is 0.400. The van der Waals surface area contributed by atoms with Crippen molar-refractivity contribution in [2.45, 2.75) is 4.90 Å².